The van der Waals surface area contributed by atoms with E-state index in [0.717, 1.165) is 22.6 Å². The molecule has 7 heteroatoms. The quantitative estimate of drug-likeness (QED) is 0.551. The number of nitrogens with zero attached hydrogens (tertiary/aromatic N) is 1. The van der Waals surface area contributed by atoms with E-state index >= 15 is 0 Å². The van der Waals surface area contributed by atoms with Crippen LogP contribution in [0.1, 0.15) is 18.1 Å². The van der Waals surface area contributed by atoms with E-state index in [-0.39, 0.29) is 17.0 Å². The van der Waals surface area contributed by atoms with Gasteiger partial charge in [-0.2, -0.15) is 0 Å². The summed E-state index contributed by atoms with van der Waals surface area (Å²) in [5.74, 6) is -2.91. The third kappa shape index (κ3) is 3.97. The molecule has 1 N–H and O–H groups in total. The fraction of sp³-hybridized carbons (Fsp3) is 0.120. The second kappa shape index (κ2) is 8.63. The van der Waals surface area contributed by atoms with Crippen LogP contribution in [0.15, 0.2) is 72.4 Å². The smallest absolute Gasteiger partial charge is 0.282 e. The number of rotatable bonds is 6. The van der Waals surface area contributed by atoms with Crippen molar-refractivity contribution in [2.24, 2.45) is 0 Å². The van der Waals surface area contributed by atoms with Crippen molar-refractivity contribution in [1.29, 1.82) is 0 Å². The van der Waals surface area contributed by atoms with Gasteiger partial charge in [-0.25, -0.2) is 13.7 Å². The summed E-state index contributed by atoms with van der Waals surface area (Å²) in [6.45, 7) is 4.24. The Balaban J connectivity index is 1.80. The lowest BCUT2D eigenvalue weighted by atomic mass is 10.0. The molecule has 0 aliphatic carbocycles. The Labute approximate surface area is 183 Å². The van der Waals surface area contributed by atoms with Crippen molar-refractivity contribution in [2.75, 3.05) is 16.8 Å². The van der Waals surface area contributed by atoms with Gasteiger partial charge in [0.25, 0.3) is 11.8 Å². The van der Waals surface area contributed by atoms with Crippen LogP contribution in [0.5, 0.6) is 5.75 Å². The second-order valence-corrected chi connectivity index (χ2v) is 7.25. The summed E-state index contributed by atoms with van der Waals surface area (Å²) in [7, 11) is 0. The Kier molecular flexibility index (Phi) is 5.73. The molecule has 5 nitrogen and oxygen atoms in total. The molecule has 0 unspecified atom stereocenters. The van der Waals surface area contributed by atoms with E-state index in [0.29, 0.717) is 23.6 Å². The number of halogens is 2. The van der Waals surface area contributed by atoms with Crippen molar-refractivity contribution >= 4 is 28.8 Å². The normalized spacial score (nSPS) is 13.7. The summed E-state index contributed by atoms with van der Waals surface area (Å²) < 4.78 is 32.8. The van der Waals surface area contributed by atoms with Gasteiger partial charge in [0, 0.05) is 17.8 Å². The number of hydrogen-bond acceptors (Lipinski definition) is 4. The molecule has 3 aromatic rings. The van der Waals surface area contributed by atoms with E-state index < -0.39 is 23.4 Å². The number of benzene rings is 3. The monoisotopic (exact) mass is 434 g/mol. The maximum Gasteiger partial charge on any atom is 0.282 e. The van der Waals surface area contributed by atoms with Crippen LogP contribution in [0.25, 0.3) is 5.57 Å². The van der Waals surface area contributed by atoms with Gasteiger partial charge in [0.1, 0.15) is 11.4 Å². The molecule has 0 saturated heterocycles. The minimum absolute atomic E-state index is 0.0391. The van der Waals surface area contributed by atoms with Crippen molar-refractivity contribution in [3.8, 4) is 5.75 Å². The van der Waals surface area contributed by atoms with Crippen LogP contribution in [0.3, 0.4) is 0 Å². The summed E-state index contributed by atoms with van der Waals surface area (Å²) >= 11 is 0. The zero-order chi connectivity index (χ0) is 22.8. The van der Waals surface area contributed by atoms with Crippen LogP contribution in [0.4, 0.5) is 20.2 Å². The number of carbonyl (C=O) groups is 2. The molecule has 0 fully saturated rings. The number of hydrogen-bond donors (Lipinski definition) is 1. The molecule has 162 valence electrons. The lowest BCUT2D eigenvalue weighted by molar-refractivity contribution is -0.120. The SMILES string of the molecule is CCOc1cccc(NC2=C(c3ccc(C)cc3)C(=O)N(c3ccc(F)c(F)c3)C2=O)c1. The molecule has 0 bridgehead atoms. The molecular weight excluding hydrogens is 414 g/mol. The van der Waals surface area contributed by atoms with Gasteiger partial charge >= 0.3 is 0 Å². The number of nitrogens with one attached hydrogen (secondary N) is 1. The highest BCUT2D eigenvalue weighted by molar-refractivity contribution is 6.46. The Bertz CT molecular complexity index is 1240. The molecule has 1 aliphatic rings. The van der Waals surface area contributed by atoms with E-state index in [1.165, 1.54) is 6.07 Å². The number of anilines is 2. The van der Waals surface area contributed by atoms with E-state index in [2.05, 4.69) is 5.32 Å². The first-order valence-electron chi connectivity index (χ1n) is 10.0. The van der Waals surface area contributed by atoms with E-state index in [9.17, 15) is 18.4 Å². The zero-order valence-corrected chi connectivity index (χ0v) is 17.5. The number of carbonyl (C=O) groups excluding carboxylic acids is 2. The number of ether oxygens (including phenoxy) is 1. The van der Waals surface area contributed by atoms with Crippen molar-refractivity contribution in [3.05, 3.63) is 95.2 Å². The molecule has 1 aliphatic heterocycles. The summed E-state index contributed by atoms with van der Waals surface area (Å²) in [5.41, 5.74) is 2.19. The van der Waals surface area contributed by atoms with Gasteiger partial charge in [0.05, 0.1) is 17.9 Å². The number of aryl methyl sites for hydroxylation is 1. The summed E-state index contributed by atoms with van der Waals surface area (Å²) in [4.78, 5) is 27.5. The third-order valence-corrected chi connectivity index (χ3v) is 5.00. The topological polar surface area (TPSA) is 58.6 Å². The van der Waals surface area contributed by atoms with E-state index in [4.69, 9.17) is 4.74 Å². The van der Waals surface area contributed by atoms with Gasteiger partial charge in [-0.05, 0) is 43.7 Å². The first kappa shape index (κ1) is 21.2. The fourth-order valence-electron chi connectivity index (χ4n) is 3.47. The molecule has 32 heavy (non-hydrogen) atoms. The van der Waals surface area contributed by atoms with Gasteiger partial charge in [-0.3, -0.25) is 9.59 Å². The molecule has 0 saturated carbocycles. The van der Waals surface area contributed by atoms with Gasteiger partial charge < -0.3 is 10.1 Å². The Morgan fingerprint density at radius 1 is 0.906 bits per heavy atom. The maximum atomic E-state index is 13.8. The third-order valence-electron chi connectivity index (χ3n) is 5.00. The first-order chi connectivity index (χ1) is 15.4. The molecule has 4 rings (SSSR count). The molecular formula is C25H20F2N2O3. The molecule has 3 aromatic carbocycles. The maximum absolute atomic E-state index is 13.8. The van der Waals surface area contributed by atoms with Gasteiger partial charge in [-0.1, -0.05) is 35.9 Å². The molecule has 0 atom stereocenters. The van der Waals surface area contributed by atoms with Gasteiger partial charge in [0.15, 0.2) is 11.6 Å². The zero-order valence-electron chi connectivity index (χ0n) is 17.5. The van der Waals surface area contributed by atoms with Crippen molar-refractivity contribution in [2.45, 2.75) is 13.8 Å². The highest BCUT2D eigenvalue weighted by atomic mass is 19.2. The standard InChI is InChI=1S/C25H20F2N2O3/c1-3-32-19-6-4-5-17(13-19)28-23-22(16-9-7-15(2)8-10-16)24(30)29(25(23)31)18-11-12-20(26)21(27)14-18/h4-14,28H,3H2,1-2H3. The number of amides is 2. The van der Waals surface area contributed by atoms with Crippen molar-refractivity contribution < 1.29 is 23.1 Å². The predicted octanol–water partition coefficient (Wildman–Crippen LogP) is 5.07. The Hall–Kier alpha value is -4.00. The summed E-state index contributed by atoms with van der Waals surface area (Å²) in [6, 6.07) is 17.0. The van der Waals surface area contributed by atoms with Crippen LogP contribution in [-0.4, -0.2) is 18.4 Å². The van der Waals surface area contributed by atoms with E-state index in [1.807, 2.05) is 26.0 Å². The second-order valence-electron chi connectivity index (χ2n) is 7.25. The summed E-state index contributed by atoms with van der Waals surface area (Å²) in [5, 5.41) is 3.03. The van der Waals surface area contributed by atoms with Crippen LogP contribution in [0, 0.1) is 18.6 Å². The van der Waals surface area contributed by atoms with Crippen molar-refractivity contribution in [3.63, 3.8) is 0 Å². The lowest BCUT2D eigenvalue weighted by Gasteiger charge is -2.15. The highest BCUT2D eigenvalue weighted by Gasteiger charge is 2.40. The van der Waals surface area contributed by atoms with Crippen LogP contribution >= 0.6 is 0 Å². The molecule has 1 heterocycles. The largest absolute Gasteiger partial charge is 0.494 e. The minimum Gasteiger partial charge on any atom is -0.494 e. The van der Waals surface area contributed by atoms with Gasteiger partial charge in [0.2, 0.25) is 0 Å². The lowest BCUT2D eigenvalue weighted by Crippen LogP contribution is -2.32. The minimum atomic E-state index is -1.15. The predicted molar refractivity (Wildman–Crippen MR) is 118 cm³/mol. The summed E-state index contributed by atoms with van der Waals surface area (Å²) in [6.07, 6.45) is 0. The average Bonchev–Trinajstić information content (AvgIpc) is 3.01. The molecule has 2 amide bonds. The van der Waals surface area contributed by atoms with Crippen LogP contribution in [-0.2, 0) is 9.59 Å². The highest BCUT2D eigenvalue weighted by Crippen LogP contribution is 2.34. The Morgan fingerprint density at radius 2 is 1.66 bits per heavy atom. The van der Waals surface area contributed by atoms with Crippen LogP contribution < -0.4 is 15.0 Å². The molecule has 0 spiro atoms. The molecule has 0 radical (unpaired) electrons. The van der Waals surface area contributed by atoms with Gasteiger partial charge in [-0.15, -0.1) is 0 Å². The first-order valence-corrected chi connectivity index (χ1v) is 10.0. The van der Waals surface area contributed by atoms with Crippen molar-refractivity contribution in [1.82, 2.24) is 0 Å². The van der Waals surface area contributed by atoms with E-state index in [1.54, 1.807) is 36.4 Å². The average molecular weight is 434 g/mol. The van der Waals surface area contributed by atoms with Crippen LogP contribution in [0.2, 0.25) is 0 Å². The number of imide groups is 1. The fourth-order valence-corrected chi connectivity index (χ4v) is 3.47. The molecule has 0 aromatic heterocycles. The Morgan fingerprint density at radius 3 is 2.34 bits per heavy atom.